The van der Waals surface area contributed by atoms with E-state index in [2.05, 4.69) is 20.8 Å². The topological polar surface area (TPSA) is 46.5 Å². The van der Waals surface area contributed by atoms with Crippen LogP contribution in [0.5, 0.6) is 0 Å². The van der Waals surface area contributed by atoms with Gasteiger partial charge in [0.25, 0.3) is 0 Å². The molecule has 0 bridgehead atoms. The van der Waals surface area contributed by atoms with Crippen LogP contribution in [0.25, 0.3) is 0 Å². The fourth-order valence-corrected chi connectivity index (χ4v) is 1.97. The van der Waals surface area contributed by atoms with Crippen LogP contribution in [0.15, 0.2) is 0 Å². The second-order valence-corrected chi connectivity index (χ2v) is 5.51. The molecular weight excluding hydrogens is 201 g/mol. The highest BCUT2D eigenvalue weighted by atomic mass is 31.2. The molecule has 0 aromatic heterocycles. The van der Waals surface area contributed by atoms with E-state index in [0.29, 0.717) is 6.61 Å². The summed E-state index contributed by atoms with van der Waals surface area (Å²) in [5.41, 5.74) is 0. The molecule has 0 aliphatic rings. The number of quaternary nitrogens is 1. The molecule has 0 amide bonds. The lowest BCUT2D eigenvalue weighted by atomic mass is 10.3. The molecule has 0 saturated heterocycles. The van der Waals surface area contributed by atoms with Gasteiger partial charge >= 0.3 is 7.60 Å². The van der Waals surface area contributed by atoms with Crippen LogP contribution in [0.1, 0.15) is 20.8 Å². The van der Waals surface area contributed by atoms with Gasteiger partial charge in [-0.05, 0) is 20.8 Å². The smallest absolute Gasteiger partial charge is 0.324 e. The molecule has 0 aliphatic carbocycles. The van der Waals surface area contributed by atoms with E-state index < -0.39 is 7.60 Å². The molecule has 0 heterocycles. The molecule has 5 heteroatoms. The van der Waals surface area contributed by atoms with Crippen LogP contribution in [-0.2, 0) is 9.09 Å². The van der Waals surface area contributed by atoms with Crippen molar-refractivity contribution in [2.75, 3.05) is 39.5 Å². The van der Waals surface area contributed by atoms with E-state index in [9.17, 15) is 4.57 Å². The van der Waals surface area contributed by atoms with Gasteiger partial charge in [-0.15, -0.1) is 0 Å². The van der Waals surface area contributed by atoms with Crippen LogP contribution in [0.4, 0.5) is 0 Å². The van der Waals surface area contributed by atoms with Gasteiger partial charge in [-0.3, -0.25) is 4.57 Å². The highest BCUT2D eigenvalue weighted by molar-refractivity contribution is 7.51. The molecule has 1 N–H and O–H groups in total. The monoisotopic (exact) mass is 224 g/mol. The molecule has 0 aliphatic heterocycles. The van der Waals surface area contributed by atoms with Crippen molar-refractivity contribution in [2.45, 2.75) is 20.8 Å². The van der Waals surface area contributed by atoms with Crippen LogP contribution in [0, 0.1) is 0 Å². The molecule has 0 fully saturated rings. The average molecular weight is 224 g/mol. The minimum Gasteiger partial charge on any atom is -0.324 e. The summed E-state index contributed by atoms with van der Waals surface area (Å²) >= 11 is 0. The van der Waals surface area contributed by atoms with Crippen molar-refractivity contribution in [1.29, 1.82) is 0 Å². The largest absolute Gasteiger partial charge is 0.325 e. The first kappa shape index (κ1) is 14.1. The summed E-state index contributed by atoms with van der Waals surface area (Å²) in [7, 11) is -3.29. The maximum Gasteiger partial charge on any atom is 0.325 e. The SMILES string of the molecule is CC[N+](CC)(CC)CCOP(C)(=O)O. The lowest BCUT2D eigenvalue weighted by Gasteiger charge is -2.35. The predicted octanol–water partition coefficient (Wildman–Crippen LogP) is 1.69. The lowest BCUT2D eigenvalue weighted by Crippen LogP contribution is -2.49. The van der Waals surface area contributed by atoms with E-state index in [4.69, 9.17) is 9.42 Å². The summed E-state index contributed by atoms with van der Waals surface area (Å²) in [6.07, 6.45) is 0. The second-order valence-electron chi connectivity index (χ2n) is 3.65. The van der Waals surface area contributed by atoms with Crippen LogP contribution < -0.4 is 0 Å². The molecule has 86 valence electrons. The quantitative estimate of drug-likeness (QED) is 0.529. The van der Waals surface area contributed by atoms with Gasteiger partial charge < -0.3 is 13.9 Å². The third-order valence-corrected chi connectivity index (χ3v) is 3.57. The maximum absolute atomic E-state index is 10.9. The average Bonchev–Trinajstić information content (AvgIpc) is 2.11. The van der Waals surface area contributed by atoms with Crippen molar-refractivity contribution in [3.8, 4) is 0 Å². The molecule has 0 spiro atoms. The first-order valence-electron chi connectivity index (χ1n) is 5.19. The molecule has 14 heavy (non-hydrogen) atoms. The third-order valence-electron chi connectivity index (χ3n) is 2.91. The van der Waals surface area contributed by atoms with E-state index in [-0.39, 0.29) is 0 Å². The Morgan fingerprint density at radius 3 is 1.93 bits per heavy atom. The number of hydrogen-bond acceptors (Lipinski definition) is 2. The number of rotatable bonds is 7. The molecule has 4 nitrogen and oxygen atoms in total. The Balaban J connectivity index is 4.01. The molecule has 0 aromatic carbocycles. The van der Waals surface area contributed by atoms with Crippen molar-refractivity contribution in [1.82, 2.24) is 0 Å². The minimum absolute atomic E-state index is 0.361. The summed E-state index contributed by atoms with van der Waals surface area (Å²) in [6.45, 7) is 11.9. The molecule has 0 radical (unpaired) electrons. The van der Waals surface area contributed by atoms with Gasteiger partial charge in [0.1, 0.15) is 13.2 Å². The Bertz CT molecular complexity index is 190. The highest BCUT2D eigenvalue weighted by Gasteiger charge is 2.21. The van der Waals surface area contributed by atoms with Gasteiger partial charge in [0, 0.05) is 6.66 Å². The van der Waals surface area contributed by atoms with Crippen LogP contribution >= 0.6 is 7.60 Å². The summed E-state index contributed by atoms with van der Waals surface area (Å²) in [5, 5.41) is 0. The third kappa shape index (κ3) is 5.11. The minimum atomic E-state index is -3.29. The van der Waals surface area contributed by atoms with E-state index in [1.165, 1.54) is 6.66 Å². The zero-order valence-electron chi connectivity index (χ0n) is 9.69. The van der Waals surface area contributed by atoms with Crippen molar-refractivity contribution >= 4 is 7.60 Å². The zero-order chi connectivity index (χ0) is 11.2. The summed E-state index contributed by atoms with van der Waals surface area (Å²) < 4.78 is 16.7. The molecule has 0 rings (SSSR count). The summed E-state index contributed by atoms with van der Waals surface area (Å²) in [5.74, 6) is 0. The van der Waals surface area contributed by atoms with Gasteiger partial charge in [0.15, 0.2) is 0 Å². The van der Waals surface area contributed by atoms with Crippen LogP contribution in [-0.4, -0.2) is 48.8 Å². The Morgan fingerprint density at radius 2 is 1.64 bits per heavy atom. The van der Waals surface area contributed by atoms with Crippen LogP contribution in [0.3, 0.4) is 0 Å². The second kappa shape index (κ2) is 5.86. The van der Waals surface area contributed by atoms with Gasteiger partial charge in [-0.1, -0.05) is 0 Å². The molecular formula is C9H23NO3P+. The first-order valence-corrected chi connectivity index (χ1v) is 7.21. The van der Waals surface area contributed by atoms with Gasteiger partial charge in [-0.2, -0.15) is 0 Å². The van der Waals surface area contributed by atoms with Gasteiger partial charge in [0.2, 0.25) is 0 Å². The Hall–Kier alpha value is 0.110. The fourth-order valence-electron chi connectivity index (χ4n) is 1.55. The van der Waals surface area contributed by atoms with E-state index in [1.807, 2.05) is 0 Å². The van der Waals surface area contributed by atoms with Crippen molar-refractivity contribution in [3.05, 3.63) is 0 Å². The molecule has 1 unspecified atom stereocenters. The highest BCUT2D eigenvalue weighted by Crippen LogP contribution is 2.36. The standard InChI is InChI=1S/C9H22NO3P/c1-5-10(6-2,7-3)8-9-13-14(4,11)12/h5-9H2,1-4H3/p+1. The molecule has 1 atom stereocenters. The Morgan fingerprint density at radius 1 is 1.21 bits per heavy atom. The normalized spacial score (nSPS) is 16.6. The Labute approximate surface area is 87.0 Å². The van der Waals surface area contributed by atoms with Gasteiger partial charge in [-0.25, -0.2) is 0 Å². The summed E-state index contributed by atoms with van der Waals surface area (Å²) in [6, 6.07) is 0. The van der Waals surface area contributed by atoms with E-state index in [0.717, 1.165) is 30.7 Å². The molecule has 0 saturated carbocycles. The fraction of sp³-hybridized carbons (Fsp3) is 1.00. The van der Waals surface area contributed by atoms with Crippen molar-refractivity contribution in [3.63, 3.8) is 0 Å². The van der Waals surface area contributed by atoms with E-state index in [1.54, 1.807) is 0 Å². The Kier molecular flexibility index (Phi) is 5.91. The zero-order valence-corrected chi connectivity index (χ0v) is 10.6. The number of hydrogen-bond donors (Lipinski definition) is 1. The summed E-state index contributed by atoms with van der Waals surface area (Å²) in [4.78, 5) is 8.96. The van der Waals surface area contributed by atoms with E-state index >= 15 is 0 Å². The van der Waals surface area contributed by atoms with Gasteiger partial charge in [0.05, 0.1) is 19.6 Å². The molecule has 0 aromatic rings. The van der Waals surface area contributed by atoms with Crippen molar-refractivity contribution < 1.29 is 18.5 Å². The number of nitrogens with zero attached hydrogens (tertiary/aromatic N) is 1. The predicted molar refractivity (Wildman–Crippen MR) is 58.5 cm³/mol. The lowest BCUT2D eigenvalue weighted by molar-refractivity contribution is -0.923. The maximum atomic E-state index is 10.9. The number of likely N-dealkylation sites (N-methyl/N-ethyl adjacent to an activating group) is 1. The van der Waals surface area contributed by atoms with Crippen LogP contribution in [0.2, 0.25) is 0 Å². The first-order chi connectivity index (χ1) is 6.39. The van der Waals surface area contributed by atoms with Crippen molar-refractivity contribution in [2.24, 2.45) is 0 Å².